The van der Waals surface area contributed by atoms with E-state index >= 15 is 0 Å². The topological polar surface area (TPSA) is 40.5 Å². The summed E-state index contributed by atoms with van der Waals surface area (Å²) in [6.45, 7) is 5.69. The van der Waals surface area contributed by atoms with E-state index in [9.17, 15) is 4.79 Å². The summed E-state index contributed by atoms with van der Waals surface area (Å²) in [6.07, 6.45) is 6.07. The van der Waals surface area contributed by atoms with Gasteiger partial charge in [0.25, 0.3) is 0 Å². The quantitative estimate of drug-likeness (QED) is 0.297. The van der Waals surface area contributed by atoms with Crippen molar-refractivity contribution in [1.29, 1.82) is 0 Å². The number of hydrogen-bond donors (Lipinski definition) is 0. The Kier molecular flexibility index (Phi) is 6.30. The molecule has 4 nitrogen and oxygen atoms in total. The maximum Gasteiger partial charge on any atom is 0.419 e. The molecule has 0 aliphatic heterocycles. The number of ether oxygens (including phenoxy) is 2. The highest BCUT2D eigenvalue weighted by Gasteiger charge is 2.25. The minimum absolute atomic E-state index is 0.371. The van der Waals surface area contributed by atoms with Gasteiger partial charge in [-0.25, -0.2) is 9.36 Å². The molecule has 0 spiro atoms. The SMILES string of the molecule is CC(C)(C)OC(=O)n1c2cc(Oc3ccccc3)ccc2c2c(SC3CCCCC3)cccc21. The van der Waals surface area contributed by atoms with E-state index in [1.165, 1.54) is 37.0 Å². The van der Waals surface area contributed by atoms with E-state index in [4.69, 9.17) is 9.47 Å². The van der Waals surface area contributed by atoms with E-state index in [-0.39, 0.29) is 6.09 Å². The fraction of sp³-hybridized carbons (Fsp3) is 0.345. The molecule has 1 saturated carbocycles. The van der Waals surface area contributed by atoms with E-state index in [1.807, 2.05) is 81.1 Å². The lowest BCUT2D eigenvalue weighted by Gasteiger charge is -2.21. The van der Waals surface area contributed by atoms with Crippen molar-refractivity contribution in [2.24, 2.45) is 0 Å². The van der Waals surface area contributed by atoms with Crippen LogP contribution in [0.3, 0.4) is 0 Å². The summed E-state index contributed by atoms with van der Waals surface area (Å²) < 4.78 is 13.6. The molecule has 0 saturated heterocycles. The van der Waals surface area contributed by atoms with Crippen LogP contribution in [0.4, 0.5) is 4.79 Å². The van der Waals surface area contributed by atoms with E-state index in [0.717, 1.165) is 27.6 Å². The van der Waals surface area contributed by atoms with Crippen LogP contribution in [0.1, 0.15) is 52.9 Å². The third-order valence-corrected chi connectivity index (χ3v) is 7.52. The number of carbonyl (C=O) groups is 1. The van der Waals surface area contributed by atoms with Crippen molar-refractivity contribution in [1.82, 2.24) is 4.57 Å². The Labute approximate surface area is 205 Å². The Morgan fingerprint density at radius 2 is 1.65 bits per heavy atom. The van der Waals surface area contributed by atoms with Gasteiger partial charge in [-0.05, 0) is 70.0 Å². The lowest BCUT2D eigenvalue weighted by Crippen LogP contribution is -2.27. The Hall–Kier alpha value is -2.92. The first-order valence-electron chi connectivity index (χ1n) is 12.1. The van der Waals surface area contributed by atoms with E-state index in [2.05, 4.69) is 18.2 Å². The van der Waals surface area contributed by atoms with Crippen molar-refractivity contribution < 1.29 is 14.3 Å². The fourth-order valence-electron chi connectivity index (χ4n) is 4.67. The monoisotopic (exact) mass is 473 g/mol. The third-order valence-electron chi connectivity index (χ3n) is 6.13. The van der Waals surface area contributed by atoms with Crippen molar-refractivity contribution in [3.05, 3.63) is 66.7 Å². The summed E-state index contributed by atoms with van der Waals surface area (Å²) in [4.78, 5) is 14.6. The smallest absolute Gasteiger partial charge is 0.419 e. The Balaban J connectivity index is 1.65. The fourth-order valence-corrected chi connectivity index (χ4v) is 6.09. The molecule has 0 amide bonds. The van der Waals surface area contributed by atoms with Gasteiger partial charge < -0.3 is 9.47 Å². The molecular weight excluding hydrogens is 442 g/mol. The molecule has 1 aliphatic carbocycles. The second-order valence-corrected chi connectivity index (χ2v) is 11.3. The molecule has 1 fully saturated rings. The van der Waals surface area contributed by atoms with Crippen molar-refractivity contribution in [3.63, 3.8) is 0 Å². The molecule has 0 unspecified atom stereocenters. The van der Waals surface area contributed by atoms with Crippen molar-refractivity contribution >= 4 is 39.7 Å². The summed E-state index contributed by atoms with van der Waals surface area (Å²) in [6, 6.07) is 22.0. The Morgan fingerprint density at radius 1 is 0.882 bits per heavy atom. The number of aromatic nitrogens is 1. The molecule has 5 heteroatoms. The number of benzene rings is 3. The zero-order valence-corrected chi connectivity index (χ0v) is 20.9. The van der Waals surface area contributed by atoms with Gasteiger partial charge in [-0.1, -0.05) is 43.5 Å². The number of carbonyl (C=O) groups excluding carboxylic acids is 1. The molecule has 1 aromatic heterocycles. The largest absolute Gasteiger partial charge is 0.457 e. The molecule has 176 valence electrons. The predicted octanol–water partition coefficient (Wildman–Crippen LogP) is 8.79. The highest BCUT2D eigenvalue weighted by atomic mass is 32.2. The average molecular weight is 474 g/mol. The van der Waals surface area contributed by atoms with Crippen LogP contribution in [0.5, 0.6) is 11.5 Å². The van der Waals surface area contributed by atoms with Crippen LogP contribution in [-0.4, -0.2) is 21.5 Å². The molecule has 0 atom stereocenters. The van der Waals surface area contributed by atoms with E-state index in [1.54, 1.807) is 4.57 Å². The Bertz CT molecular complexity index is 1310. The van der Waals surface area contributed by atoms with Crippen LogP contribution in [0.25, 0.3) is 21.8 Å². The van der Waals surface area contributed by atoms with Crippen molar-refractivity contribution in [2.75, 3.05) is 0 Å². The molecule has 5 rings (SSSR count). The van der Waals surface area contributed by atoms with Crippen LogP contribution in [0.2, 0.25) is 0 Å². The molecule has 0 bridgehead atoms. The molecule has 4 aromatic rings. The molecule has 1 heterocycles. The zero-order chi connectivity index (χ0) is 23.7. The number of hydrogen-bond acceptors (Lipinski definition) is 4. The van der Waals surface area contributed by atoms with Gasteiger partial charge in [-0.15, -0.1) is 11.8 Å². The van der Waals surface area contributed by atoms with E-state index in [0.29, 0.717) is 11.0 Å². The van der Waals surface area contributed by atoms with Gasteiger partial charge in [0, 0.05) is 27.0 Å². The van der Waals surface area contributed by atoms with Crippen LogP contribution in [0, 0.1) is 0 Å². The number of fused-ring (bicyclic) bond motifs is 3. The second-order valence-electron chi connectivity index (χ2n) is 9.94. The number of thioether (sulfide) groups is 1. The summed E-state index contributed by atoms with van der Waals surface area (Å²) in [5.74, 6) is 1.45. The van der Waals surface area contributed by atoms with Crippen LogP contribution < -0.4 is 4.74 Å². The predicted molar refractivity (Wildman–Crippen MR) is 140 cm³/mol. The van der Waals surface area contributed by atoms with Gasteiger partial charge >= 0.3 is 6.09 Å². The molecule has 0 radical (unpaired) electrons. The third kappa shape index (κ3) is 4.80. The standard InChI is InChI=1S/C29H31NO3S/c1-29(2,3)33-28(31)30-24-15-10-16-26(34-22-13-8-5-9-14-22)27(24)23-18-17-21(19-25(23)30)32-20-11-6-4-7-12-20/h4,6-7,10-12,15-19,22H,5,8-9,13-14H2,1-3H3. The molecule has 1 aliphatic rings. The first kappa shape index (κ1) is 22.9. The Morgan fingerprint density at radius 3 is 2.38 bits per heavy atom. The van der Waals surface area contributed by atoms with Gasteiger partial charge in [-0.3, -0.25) is 0 Å². The summed E-state index contributed by atoms with van der Waals surface area (Å²) >= 11 is 1.96. The number of nitrogens with zero attached hydrogens (tertiary/aromatic N) is 1. The van der Waals surface area contributed by atoms with Crippen LogP contribution in [0.15, 0.2) is 71.6 Å². The normalized spacial score (nSPS) is 15.0. The zero-order valence-electron chi connectivity index (χ0n) is 20.0. The van der Waals surface area contributed by atoms with Crippen LogP contribution in [-0.2, 0) is 4.74 Å². The van der Waals surface area contributed by atoms with Gasteiger partial charge in [-0.2, -0.15) is 0 Å². The van der Waals surface area contributed by atoms with Crippen molar-refractivity contribution in [2.45, 2.75) is 68.6 Å². The highest BCUT2D eigenvalue weighted by Crippen LogP contribution is 2.42. The second kappa shape index (κ2) is 9.38. The highest BCUT2D eigenvalue weighted by molar-refractivity contribution is 8.00. The molecular formula is C29H31NO3S. The van der Waals surface area contributed by atoms with Gasteiger partial charge in [0.15, 0.2) is 0 Å². The van der Waals surface area contributed by atoms with Gasteiger partial charge in [0.1, 0.15) is 17.1 Å². The number of rotatable bonds is 4. The maximum absolute atomic E-state index is 13.4. The maximum atomic E-state index is 13.4. The lowest BCUT2D eigenvalue weighted by atomic mass is 10.0. The molecule has 34 heavy (non-hydrogen) atoms. The average Bonchev–Trinajstić information content (AvgIpc) is 3.14. The molecule has 0 N–H and O–H groups in total. The van der Waals surface area contributed by atoms with Gasteiger partial charge in [0.2, 0.25) is 0 Å². The van der Waals surface area contributed by atoms with Gasteiger partial charge in [0.05, 0.1) is 11.0 Å². The minimum Gasteiger partial charge on any atom is -0.457 e. The summed E-state index contributed by atoms with van der Waals surface area (Å²) in [5.41, 5.74) is 1.09. The van der Waals surface area contributed by atoms with E-state index < -0.39 is 5.60 Å². The van der Waals surface area contributed by atoms with Crippen LogP contribution >= 0.6 is 11.8 Å². The first-order chi connectivity index (χ1) is 16.4. The first-order valence-corrected chi connectivity index (χ1v) is 13.0. The van der Waals surface area contributed by atoms with Crippen molar-refractivity contribution in [3.8, 4) is 11.5 Å². The number of para-hydroxylation sites is 1. The molecule has 3 aromatic carbocycles. The minimum atomic E-state index is -0.591. The summed E-state index contributed by atoms with van der Waals surface area (Å²) in [5, 5.41) is 2.78. The summed E-state index contributed by atoms with van der Waals surface area (Å²) in [7, 11) is 0. The lowest BCUT2D eigenvalue weighted by molar-refractivity contribution is 0.0551.